The molecule has 0 saturated carbocycles. The first-order valence-electron chi connectivity index (χ1n) is 8.05. The van der Waals surface area contributed by atoms with E-state index in [1.165, 1.54) is 12.1 Å². The third kappa shape index (κ3) is 5.35. The van der Waals surface area contributed by atoms with Crippen molar-refractivity contribution < 1.29 is 14.3 Å². The lowest BCUT2D eigenvalue weighted by Crippen LogP contribution is -2.40. The van der Waals surface area contributed by atoms with Crippen LogP contribution in [0.3, 0.4) is 0 Å². The molecule has 0 aliphatic rings. The molecule has 2 rings (SSSR count). The van der Waals surface area contributed by atoms with Gasteiger partial charge in [0.2, 0.25) is 0 Å². The highest BCUT2D eigenvalue weighted by Crippen LogP contribution is 2.22. The Morgan fingerprint density at radius 1 is 1.12 bits per heavy atom. The van der Waals surface area contributed by atoms with Gasteiger partial charge in [0.15, 0.2) is 0 Å². The summed E-state index contributed by atoms with van der Waals surface area (Å²) in [6.45, 7) is 2.52. The second kappa shape index (κ2) is 9.03. The van der Waals surface area contributed by atoms with Gasteiger partial charge in [-0.05, 0) is 35.6 Å². The SMILES string of the molecule is CC(CCO)CNC(=O)NC(c1ccccc1)c1cccc(F)c1. The first-order chi connectivity index (χ1) is 11.6. The molecule has 0 aromatic heterocycles. The number of halogens is 1. The predicted molar refractivity (Wildman–Crippen MR) is 92.1 cm³/mol. The number of carbonyl (C=O) groups is 1. The zero-order valence-electron chi connectivity index (χ0n) is 13.7. The highest BCUT2D eigenvalue weighted by atomic mass is 19.1. The molecule has 0 fully saturated rings. The Kier molecular flexibility index (Phi) is 6.75. The molecule has 5 heteroatoms. The van der Waals surface area contributed by atoms with Gasteiger partial charge in [-0.15, -0.1) is 0 Å². The minimum atomic E-state index is -0.435. The topological polar surface area (TPSA) is 61.4 Å². The van der Waals surface area contributed by atoms with Gasteiger partial charge in [0.25, 0.3) is 0 Å². The van der Waals surface area contributed by atoms with Gasteiger partial charge in [-0.1, -0.05) is 49.4 Å². The van der Waals surface area contributed by atoms with E-state index in [1.807, 2.05) is 37.3 Å². The van der Waals surface area contributed by atoms with Crippen molar-refractivity contribution in [3.8, 4) is 0 Å². The van der Waals surface area contributed by atoms with E-state index in [0.717, 1.165) is 5.56 Å². The maximum atomic E-state index is 13.6. The van der Waals surface area contributed by atoms with Crippen molar-refractivity contribution >= 4 is 6.03 Å². The largest absolute Gasteiger partial charge is 0.396 e. The minimum Gasteiger partial charge on any atom is -0.396 e. The maximum absolute atomic E-state index is 13.6. The predicted octanol–water partition coefficient (Wildman–Crippen LogP) is 3.23. The van der Waals surface area contributed by atoms with E-state index in [4.69, 9.17) is 5.11 Å². The van der Waals surface area contributed by atoms with E-state index in [1.54, 1.807) is 12.1 Å². The second-order valence-corrected chi connectivity index (χ2v) is 5.87. The van der Waals surface area contributed by atoms with Crippen LogP contribution in [0.4, 0.5) is 9.18 Å². The van der Waals surface area contributed by atoms with Crippen molar-refractivity contribution in [2.45, 2.75) is 19.4 Å². The molecule has 2 unspecified atom stereocenters. The summed E-state index contributed by atoms with van der Waals surface area (Å²) in [4.78, 5) is 12.2. The van der Waals surface area contributed by atoms with Crippen LogP contribution in [0, 0.1) is 11.7 Å². The van der Waals surface area contributed by atoms with E-state index in [9.17, 15) is 9.18 Å². The van der Waals surface area contributed by atoms with Crippen LogP contribution in [0.25, 0.3) is 0 Å². The number of aliphatic hydroxyl groups excluding tert-OH is 1. The number of nitrogens with one attached hydrogen (secondary N) is 2. The molecule has 0 bridgehead atoms. The summed E-state index contributed by atoms with van der Waals surface area (Å²) >= 11 is 0. The van der Waals surface area contributed by atoms with Crippen molar-refractivity contribution in [1.29, 1.82) is 0 Å². The number of carbonyl (C=O) groups excluding carboxylic acids is 1. The van der Waals surface area contributed by atoms with E-state index >= 15 is 0 Å². The van der Waals surface area contributed by atoms with Crippen molar-refractivity contribution in [3.63, 3.8) is 0 Å². The standard InChI is InChI=1S/C19H23FN2O2/c1-14(10-11-23)13-21-19(24)22-18(15-6-3-2-4-7-15)16-8-5-9-17(20)12-16/h2-9,12,14,18,23H,10-11,13H2,1H3,(H2,21,22,24). The van der Waals surface area contributed by atoms with Crippen LogP contribution in [-0.2, 0) is 0 Å². The highest BCUT2D eigenvalue weighted by molar-refractivity contribution is 5.75. The number of aliphatic hydroxyl groups is 1. The Morgan fingerprint density at radius 3 is 2.50 bits per heavy atom. The Balaban J connectivity index is 2.11. The number of amides is 2. The normalized spacial score (nSPS) is 13.1. The first-order valence-corrected chi connectivity index (χ1v) is 8.05. The number of urea groups is 1. The fourth-order valence-electron chi connectivity index (χ4n) is 2.46. The molecule has 0 saturated heterocycles. The number of rotatable bonds is 7. The monoisotopic (exact) mass is 330 g/mol. The lowest BCUT2D eigenvalue weighted by Gasteiger charge is -2.21. The molecule has 2 aromatic carbocycles. The van der Waals surface area contributed by atoms with E-state index in [-0.39, 0.29) is 24.4 Å². The van der Waals surface area contributed by atoms with Crippen molar-refractivity contribution in [1.82, 2.24) is 10.6 Å². The Bertz CT molecular complexity index is 649. The summed E-state index contributed by atoms with van der Waals surface area (Å²) in [6.07, 6.45) is 0.631. The van der Waals surface area contributed by atoms with Gasteiger partial charge in [-0.2, -0.15) is 0 Å². The van der Waals surface area contributed by atoms with Gasteiger partial charge < -0.3 is 15.7 Å². The molecule has 0 radical (unpaired) electrons. The zero-order chi connectivity index (χ0) is 17.4. The molecule has 0 aliphatic carbocycles. The summed E-state index contributed by atoms with van der Waals surface area (Å²) in [5.74, 6) is -0.155. The van der Waals surface area contributed by atoms with Gasteiger partial charge >= 0.3 is 6.03 Å². The first kappa shape index (κ1) is 17.9. The van der Waals surface area contributed by atoms with Crippen LogP contribution in [0.1, 0.15) is 30.5 Å². The van der Waals surface area contributed by atoms with Crippen molar-refractivity contribution in [3.05, 3.63) is 71.5 Å². The van der Waals surface area contributed by atoms with Gasteiger partial charge in [0, 0.05) is 13.2 Å². The summed E-state index contributed by atoms with van der Waals surface area (Å²) in [6, 6.07) is 14.9. The Labute approximate surface area is 141 Å². The van der Waals surface area contributed by atoms with Crippen LogP contribution in [0.2, 0.25) is 0 Å². The Morgan fingerprint density at radius 2 is 1.83 bits per heavy atom. The fraction of sp³-hybridized carbons (Fsp3) is 0.316. The molecule has 2 aromatic rings. The second-order valence-electron chi connectivity index (χ2n) is 5.87. The average molecular weight is 330 g/mol. The maximum Gasteiger partial charge on any atom is 0.315 e. The molecular formula is C19H23FN2O2. The molecule has 0 spiro atoms. The van der Waals surface area contributed by atoms with Crippen LogP contribution >= 0.6 is 0 Å². The third-order valence-electron chi connectivity index (χ3n) is 3.82. The molecular weight excluding hydrogens is 307 g/mol. The minimum absolute atomic E-state index is 0.0976. The van der Waals surface area contributed by atoms with Crippen molar-refractivity contribution in [2.75, 3.05) is 13.2 Å². The van der Waals surface area contributed by atoms with Gasteiger partial charge in [0.05, 0.1) is 6.04 Å². The summed E-state index contributed by atoms with van der Waals surface area (Å²) in [7, 11) is 0. The fourth-order valence-corrected chi connectivity index (χ4v) is 2.46. The van der Waals surface area contributed by atoms with Gasteiger partial charge in [-0.3, -0.25) is 0 Å². The Hall–Kier alpha value is -2.40. The van der Waals surface area contributed by atoms with Crippen LogP contribution < -0.4 is 10.6 Å². The van der Waals surface area contributed by atoms with Crippen LogP contribution in [-0.4, -0.2) is 24.3 Å². The molecule has 3 N–H and O–H groups in total. The molecule has 0 aliphatic heterocycles. The molecule has 0 heterocycles. The molecule has 2 atom stereocenters. The van der Waals surface area contributed by atoms with E-state index in [0.29, 0.717) is 18.5 Å². The molecule has 2 amide bonds. The quantitative estimate of drug-likeness (QED) is 0.730. The van der Waals surface area contributed by atoms with Crippen LogP contribution in [0.15, 0.2) is 54.6 Å². The number of hydrogen-bond acceptors (Lipinski definition) is 2. The summed E-state index contributed by atoms with van der Waals surface area (Å²) in [5.41, 5.74) is 1.56. The van der Waals surface area contributed by atoms with E-state index < -0.39 is 6.04 Å². The van der Waals surface area contributed by atoms with Crippen molar-refractivity contribution in [2.24, 2.45) is 5.92 Å². The summed E-state index contributed by atoms with van der Waals surface area (Å²) < 4.78 is 13.6. The highest BCUT2D eigenvalue weighted by Gasteiger charge is 2.17. The van der Waals surface area contributed by atoms with Gasteiger partial charge in [0.1, 0.15) is 5.82 Å². The lowest BCUT2D eigenvalue weighted by molar-refractivity contribution is 0.232. The molecule has 128 valence electrons. The third-order valence-corrected chi connectivity index (χ3v) is 3.82. The number of benzene rings is 2. The lowest BCUT2D eigenvalue weighted by atomic mass is 9.99. The average Bonchev–Trinajstić information content (AvgIpc) is 2.59. The number of hydrogen-bond donors (Lipinski definition) is 3. The molecule has 24 heavy (non-hydrogen) atoms. The zero-order valence-corrected chi connectivity index (χ0v) is 13.7. The molecule has 4 nitrogen and oxygen atoms in total. The van der Waals surface area contributed by atoms with Crippen LogP contribution in [0.5, 0.6) is 0 Å². The van der Waals surface area contributed by atoms with E-state index in [2.05, 4.69) is 10.6 Å². The smallest absolute Gasteiger partial charge is 0.315 e. The summed E-state index contributed by atoms with van der Waals surface area (Å²) in [5, 5.41) is 14.6. The van der Waals surface area contributed by atoms with Gasteiger partial charge in [-0.25, -0.2) is 9.18 Å².